The molecule has 1 aromatic carbocycles. The number of ether oxygens (including phenoxy) is 1. The van der Waals surface area contributed by atoms with Crippen LogP contribution in [0.25, 0.3) is 0 Å². The first-order valence-electron chi connectivity index (χ1n) is 6.38. The molecule has 0 fully saturated rings. The molecule has 0 unspecified atom stereocenters. The van der Waals surface area contributed by atoms with Crippen molar-refractivity contribution < 1.29 is 29.2 Å². The van der Waals surface area contributed by atoms with Gasteiger partial charge >= 0.3 is 0 Å². The first-order chi connectivity index (χ1) is 9.78. The summed E-state index contributed by atoms with van der Waals surface area (Å²) in [6.07, 6.45) is 0. The Morgan fingerprint density at radius 2 is 1.62 bits per heavy atom. The molecule has 0 heterocycles. The molecule has 0 aliphatic carbocycles. The van der Waals surface area contributed by atoms with Gasteiger partial charge in [0.05, 0.1) is 19.8 Å². The van der Waals surface area contributed by atoms with Crippen molar-refractivity contribution in [2.24, 2.45) is 0 Å². The van der Waals surface area contributed by atoms with E-state index in [-0.39, 0.29) is 0 Å². The Hall–Kier alpha value is -1.70. The van der Waals surface area contributed by atoms with Gasteiger partial charge in [0, 0.05) is 0 Å². The lowest BCUT2D eigenvalue weighted by Crippen LogP contribution is -2.62. The molecule has 0 saturated heterocycles. The molecule has 0 bridgehead atoms. The highest BCUT2D eigenvalue weighted by Crippen LogP contribution is 2.19. The second kappa shape index (κ2) is 6.84. The zero-order valence-electron chi connectivity index (χ0n) is 12.0. The van der Waals surface area contributed by atoms with Gasteiger partial charge in [-0.3, -0.25) is 4.79 Å². The van der Waals surface area contributed by atoms with Crippen LogP contribution in [-0.4, -0.2) is 52.2 Å². The molecule has 0 spiro atoms. The maximum absolute atomic E-state index is 12.8. The first-order valence-corrected chi connectivity index (χ1v) is 6.38. The van der Waals surface area contributed by atoms with Crippen molar-refractivity contribution >= 4 is 5.91 Å². The van der Waals surface area contributed by atoms with E-state index >= 15 is 0 Å². The third kappa shape index (κ3) is 4.38. The van der Waals surface area contributed by atoms with E-state index in [0.717, 1.165) is 0 Å². The fourth-order valence-corrected chi connectivity index (χ4v) is 1.50. The Bertz CT molecular complexity index is 462. The van der Waals surface area contributed by atoms with Crippen LogP contribution in [0.3, 0.4) is 0 Å². The molecular weight excluding hydrogens is 281 g/mol. The highest BCUT2D eigenvalue weighted by Gasteiger charge is 2.37. The van der Waals surface area contributed by atoms with Crippen LogP contribution >= 0.6 is 0 Å². The van der Waals surface area contributed by atoms with Crippen LogP contribution in [-0.2, 0) is 4.79 Å². The lowest BCUT2D eigenvalue weighted by atomic mass is 10.0. The quantitative estimate of drug-likeness (QED) is 0.560. The summed E-state index contributed by atoms with van der Waals surface area (Å²) in [5.74, 6) is -0.771. The summed E-state index contributed by atoms with van der Waals surface area (Å²) < 4.78 is 18.3. The average Bonchev–Trinajstić information content (AvgIpc) is 2.47. The minimum atomic E-state index is -1.53. The summed E-state index contributed by atoms with van der Waals surface area (Å²) >= 11 is 0. The minimum absolute atomic E-state index is 0.291. The van der Waals surface area contributed by atoms with Crippen LogP contribution in [0, 0.1) is 5.82 Å². The van der Waals surface area contributed by atoms with Gasteiger partial charge in [-0.15, -0.1) is 0 Å². The number of halogens is 1. The third-order valence-corrected chi connectivity index (χ3v) is 3.02. The van der Waals surface area contributed by atoms with E-state index < -0.39 is 42.7 Å². The molecule has 1 rings (SSSR count). The van der Waals surface area contributed by atoms with Crippen molar-refractivity contribution in [3.63, 3.8) is 0 Å². The van der Waals surface area contributed by atoms with Gasteiger partial charge in [-0.25, -0.2) is 4.39 Å². The van der Waals surface area contributed by atoms with Gasteiger partial charge in [-0.1, -0.05) is 0 Å². The van der Waals surface area contributed by atoms with Gasteiger partial charge in [-0.05, 0) is 38.1 Å². The predicted octanol–water partition coefficient (Wildman–Crippen LogP) is -0.185. The van der Waals surface area contributed by atoms with Crippen LogP contribution in [0.4, 0.5) is 4.39 Å². The van der Waals surface area contributed by atoms with Crippen LogP contribution in [0.15, 0.2) is 24.3 Å². The highest BCUT2D eigenvalue weighted by atomic mass is 19.1. The number of amides is 1. The monoisotopic (exact) mass is 301 g/mol. The number of nitrogens with one attached hydrogen (secondary N) is 1. The SMILES string of the molecule is CC(C)(Oc1ccc(F)cc1)C(=O)NC(CO)(CO)CO. The number of benzene rings is 1. The zero-order valence-corrected chi connectivity index (χ0v) is 12.0. The molecule has 0 aliphatic heterocycles. The largest absolute Gasteiger partial charge is 0.478 e. The summed E-state index contributed by atoms with van der Waals surface area (Å²) in [5.41, 5.74) is -2.87. The second-order valence-electron chi connectivity index (χ2n) is 5.28. The molecule has 0 atom stereocenters. The lowest BCUT2D eigenvalue weighted by Gasteiger charge is -2.33. The van der Waals surface area contributed by atoms with Crippen molar-refractivity contribution in [1.82, 2.24) is 5.32 Å². The van der Waals surface area contributed by atoms with E-state index in [1.54, 1.807) is 0 Å². The highest BCUT2D eigenvalue weighted by molar-refractivity contribution is 5.85. The molecule has 6 nitrogen and oxygen atoms in total. The molecule has 0 radical (unpaired) electrons. The van der Waals surface area contributed by atoms with Gasteiger partial charge in [0.15, 0.2) is 5.60 Å². The molecule has 118 valence electrons. The summed E-state index contributed by atoms with van der Waals surface area (Å²) in [6.45, 7) is 1.07. The third-order valence-electron chi connectivity index (χ3n) is 3.02. The normalized spacial score (nSPS) is 12.1. The summed E-state index contributed by atoms with van der Waals surface area (Å²) in [7, 11) is 0. The van der Waals surface area contributed by atoms with E-state index in [9.17, 15) is 24.5 Å². The van der Waals surface area contributed by atoms with E-state index in [1.165, 1.54) is 38.1 Å². The fraction of sp³-hybridized carbons (Fsp3) is 0.500. The number of aliphatic hydroxyl groups excluding tert-OH is 3. The Morgan fingerprint density at radius 3 is 2.05 bits per heavy atom. The van der Waals surface area contributed by atoms with Gasteiger partial charge < -0.3 is 25.4 Å². The summed E-state index contributed by atoms with van der Waals surface area (Å²) in [6, 6.07) is 5.15. The predicted molar refractivity (Wildman–Crippen MR) is 73.2 cm³/mol. The van der Waals surface area contributed by atoms with E-state index in [0.29, 0.717) is 5.75 Å². The molecule has 4 N–H and O–H groups in total. The second-order valence-corrected chi connectivity index (χ2v) is 5.28. The van der Waals surface area contributed by atoms with Crippen molar-refractivity contribution in [2.45, 2.75) is 25.0 Å². The van der Waals surface area contributed by atoms with Crippen molar-refractivity contribution in [1.29, 1.82) is 0 Å². The topological polar surface area (TPSA) is 99.0 Å². The number of rotatable bonds is 7. The average molecular weight is 301 g/mol. The van der Waals surface area contributed by atoms with Crippen molar-refractivity contribution in [2.75, 3.05) is 19.8 Å². The molecule has 0 aliphatic rings. The van der Waals surface area contributed by atoms with E-state index in [2.05, 4.69) is 5.32 Å². The zero-order chi connectivity index (χ0) is 16.1. The number of carbonyl (C=O) groups is 1. The van der Waals surface area contributed by atoms with Crippen LogP contribution in [0.2, 0.25) is 0 Å². The van der Waals surface area contributed by atoms with E-state index in [1.807, 2.05) is 0 Å². The molecule has 21 heavy (non-hydrogen) atoms. The molecule has 0 saturated carbocycles. The van der Waals surface area contributed by atoms with Gasteiger partial charge in [0.25, 0.3) is 5.91 Å². The maximum Gasteiger partial charge on any atom is 0.264 e. The molecule has 1 amide bonds. The number of aliphatic hydroxyl groups is 3. The van der Waals surface area contributed by atoms with Crippen molar-refractivity contribution in [3.8, 4) is 5.75 Å². The number of hydrogen-bond acceptors (Lipinski definition) is 5. The summed E-state index contributed by atoms with van der Waals surface area (Å²) in [5, 5.41) is 29.9. The minimum Gasteiger partial charge on any atom is -0.478 e. The first kappa shape index (κ1) is 17.4. The standard InChI is InChI=1S/C14H20FNO5/c1-13(2,21-11-5-3-10(15)4-6-11)12(20)16-14(7-17,8-18)9-19/h3-6,17-19H,7-9H2,1-2H3,(H,16,20). The molecule has 0 aromatic heterocycles. The van der Waals surface area contributed by atoms with Crippen LogP contribution in [0.1, 0.15) is 13.8 Å². The lowest BCUT2D eigenvalue weighted by molar-refractivity contribution is -0.138. The molecular formula is C14H20FNO5. The van der Waals surface area contributed by atoms with Gasteiger partial charge in [-0.2, -0.15) is 0 Å². The number of hydrogen-bond donors (Lipinski definition) is 4. The Morgan fingerprint density at radius 1 is 1.14 bits per heavy atom. The smallest absolute Gasteiger partial charge is 0.264 e. The molecule has 7 heteroatoms. The fourth-order valence-electron chi connectivity index (χ4n) is 1.50. The van der Waals surface area contributed by atoms with E-state index in [4.69, 9.17) is 4.74 Å². The Balaban J connectivity index is 2.81. The van der Waals surface area contributed by atoms with Gasteiger partial charge in [0.2, 0.25) is 0 Å². The Kier molecular flexibility index (Phi) is 5.65. The maximum atomic E-state index is 12.8. The molecule has 1 aromatic rings. The van der Waals surface area contributed by atoms with Gasteiger partial charge in [0.1, 0.15) is 17.1 Å². The van der Waals surface area contributed by atoms with Crippen LogP contribution in [0.5, 0.6) is 5.75 Å². The number of carbonyl (C=O) groups excluding carboxylic acids is 1. The summed E-state index contributed by atoms with van der Waals surface area (Å²) in [4.78, 5) is 12.2. The van der Waals surface area contributed by atoms with Crippen molar-refractivity contribution in [3.05, 3.63) is 30.1 Å². The Labute approximate surface area is 122 Å². The van der Waals surface area contributed by atoms with Crippen LogP contribution < -0.4 is 10.1 Å².